The highest BCUT2D eigenvalue weighted by atomic mass is 35.5. The minimum atomic E-state index is 0.582. The summed E-state index contributed by atoms with van der Waals surface area (Å²) in [7, 11) is 0. The lowest BCUT2D eigenvalue weighted by Crippen LogP contribution is -1.88. The van der Waals surface area contributed by atoms with Crippen LogP contribution in [0.4, 0.5) is 10.8 Å². The number of aromatic nitrogens is 1. The molecule has 4 rings (SSSR count). The van der Waals surface area contributed by atoms with Crippen molar-refractivity contribution in [3.05, 3.63) is 75.0 Å². The molecule has 2 aromatic carbocycles. The van der Waals surface area contributed by atoms with E-state index in [0.29, 0.717) is 26.6 Å². The molecule has 0 amide bonds. The predicted molar refractivity (Wildman–Crippen MR) is 110 cm³/mol. The van der Waals surface area contributed by atoms with Gasteiger partial charge in [0.1, 0.15) is 11.5 Å². The predicted octanol–water partition coefficient (Wildman–Crippen LogP) is 7.77. The van der Waals surface area contributed by atoms with E-state index in [9.17, 15) is 0 Å². The third kappa shape index (κ3) is 3.74. The highest BCUT2D eigenvalue weighted by Gasteiger charge is 2.13. The Balaban J connectivity index is 1.57. The molecule has 4 aromatic rings. The van der Waals surface area contributed by atoms with Crippen LogP contribution in [0.5, 0.6) is 0 Å². The van der Waals surface area contributed by atoms with Gasteiger partial charge in [-0.15, -0.1) is 11.3 Å². The zero-order valence-electron chi connectivity index (χ0n) is 13.2. The number of hydrogen-bond donors (Lipinski definition) is 1. The van der Waals surface area contributed by atoms with Crippen LogP contribution < -0.4 is 5.32 Å². The Hall–Kier alpha value is -1.98. The van der Waals surface area contributed by atoms with E-state index in [-0.39, 0.29) is 0 Å². The number of benzene rings is 2. The van der Waals surface area contributed by atoms with Crippen LogP contribution in [0.1, 0.15) is 0 Å². The summed E-state index contributed by atoms with van der Waals surface area (Å²) in [5.41, 5.74) is 2.41. The average Bonchev–Trinajstić information content (AvgIpc) is 3.28. The maximum atomic E-state index is 6.24. The van der Waals surface area contributed by atoms with Gasteiger partial charge < -0.3 is 9.73 Å². The van der Waals surface area contributed by atoms with E-state index in [0.717, 1.165) is 22.1 Å². The van der Waals surface area contributed by atoms with Crippen LogP contribution in [0.25, 0.3) is 22.8 Å². The molecule has 0 saturated heterocycles. The number of nitrogens with zero attached hydrogens (tertiary/aromatic N) is 1. The fourth-order valence-corrected chi connectivity index (χ4v) is 3.64. The van der Waals surface area contributed by atoms with Crippen molar-refractivity contribution in [2.75, 3.05) is 5.32 Å². The summed E-state index contributed by atoms with van der Waals surface area (Å²) in [6.45, 7) is 0. The highest BCUT2D eigenvalue weighted by molar-refractivity contribution is 7.14. The van der Waals surface area contributed by atoms with E-state index in [1.807, 2.05) is 41.8 Å². The van der Waals surface area contributed by atoms with Crippen molar-refractivity contribution in [3.63, 3.8) is 0 Å². The van der Waals surface area contributed by atoms with Gasteiger partial charge >= 0.3 is 0 Å². The first-order valence-corrected chi connectivity index (χ1v) is 9.63. The summed E-state index contributed by atoms with van der Waals surface area (Å²) in [5.74, 6) is 1.31. The van der Waals surface area contributed by atoms with Crippen LogP contribution in [-0.4, -0.2) is 4.98 Å². The minimum Gasteiger partial charge on any atom is -0.454 e. The molecule has 0 saturated carbocycles. The number of thiazole rings is 1. The Kier molecular flexibility index (Phi) is 4.92. The number of anilines is 2. The average molecular weight is 422 g/mol. The molecular weight excluding hydrogens is 411 g/mol. The standard InChI is InChI=1S/C19H11Cl3N2OS/c20-11-1-4-13(5-2-11)23-19-24-16(10-26-19)18-8-7-17(25-18)14-9-12(21)3-6-15(14)22/h1-10H,(H,23,24). The number of halogens is 3. The lowest BCUT2D eigenvalue weighted by atomic mass is 10.2. The highest BCUT2D eigenvalue weighted by Crippen LogP contribution is 2.35. The van der Waals surface area contributed by atoms with E-state index in [2.05, 4.69) is 10.3 Å². The van der Waals surface area contributed by atoms with Crippen LogP contribution >= 0.6 is 46.1 Å². The van der Waals surface area contributed by atoms with Crippen LogP contribution in [-0.2, 0) is 0 Å². The van der Waals surface area contributed by atoms with Gasteiger partial charge in [-0.05, 0) is 54.6 Å². The molecule has 0 aliphatic rings. The summed E-state index contributed by atoms with van der Waals surface area (Å²) in [4.78, 5) is 4.57. The van der Waals surface area contributed by atoms with Crippen molar-refractivity contribution in [1.29, 1.82) is 0 Å². The summed E-state index contributed by atoms with van der Waals surface area (Å²) >= 11 is 19.7. The SMILES string of the molecule is Clc1ccc(Nc2nc(-c3ccc(-c4cc(Cl)ccc4Cl)o3)cs2)cc1. The molecule has 0 aliphatic carbocycles. The van der Waals surface area contributed by atoms with Crippen molar-refractivity contribution in [1.82, 2.24) is 4.98 Å². The van der Waals surface area contributed by atoms with Gasteiger partial charge in [-0.3, -0.25) is 0 Å². The van der Waals surface area contributed by atoms with Crippen LogP contribution in [0, 0.1) is 0 Å². The van der Waals surface area contributed by atoms with E-state index < -0.39 is 0 Å². The van der Waals surface area contributed by atoms with Gasteiger partial charge in [0.25, 0.3) is 0 Å². The number of hydrogen-bond acceptors (Lipinski definition) is 4. The lowest BCUT2D eigenvalue weighted by molar-refractivity contribution is 0.595. The van der Waals surface area contributed by atoms with Gasteiger partial charge in [0.2, 0.25) is 0 Å². The topological polar surface area (TPSA) is 38.1 Å². The fourth-order valence-electron chi connectivity index (χ4n) is 2.41. The van der Waals surface area contributed by atoms with Gasteiger partial charge in [0.15, 0.2) is 10.9 Å². The summed E-state index contributed by atoms with van der Waals surface area (Å²) < 4.78 is 5.93. The van der Waals surface area contributed by atoms with Gasteiger partial charge in [0.05, 0.1) is 5.02 Å². The largest absolute Gasteiger partial charge is 0.454 e. The molecule has 0 bridgehead atoms. The first-order chi connectivity index (χ1) is 12.6. The summed E-state index contributed by atoms with van der Waals surface area (Å²) in [6.07, 6.45) is 0. The second-order valence-corrected chi connectivity index (χ2v) is 7.60. The molecule has 2 heterocycles. The van der Waals surface area contributed by atoms with Crippen molar-refractivity contribution in [2.45, 2.75) is 0 Å². The molecular formula is C19H11Cl3N2OS. The number of rotatable bonds is 4. The van der Waals surface area contributed by atoms with Crippen molar-refractivity contribution in [2.24, 2.45) is 0 Å². The zero-order chi connectivity index (χ0) is 18.1. The number of furan rings is 1. The molecule has 130 valence electrons. The monoisotopic (exact) mass is 420 g/mol. The first-order valence-electron chi connectivity index (χ1n) is 7.62. The lowest BCUT2D eigenvalue weighted by Gasteiger charge is -2.02. The second-order valence-electron chi connectivity index (χ2n) is 5.46. The van der Waals surface area contributed by atoms with E-state index >= 15 is 0 Å². The van der Waals surface area contributed by atoms with Crippen molar-refractivity contribution in [3.8, 4) is 22.8 Å². The third-order valence-electron chi connectivity index (χ3n) is 3.65. The Morgan fingerprint density at radius 2 is 1.58 bits per heavy atom. The Labute approximate surface area is 169 Å². The van der Waals surface area contributed by atoms with E-state index in [4.69, 9.17) is 39.2 Å². The summed E-state index contributed by atoms with van der Waals surface area (Å²) in [6, 6.07) is 16.4. The molecule has 3 nitrogen and oxygen atoms in total. The van der Waals surface area contributed by atoms with E-state index in [1.165, 1.54) is 11.3 Å². The third-order valence-corrected chi connectivity index (χ3v) is 5.23. The fraction of sp³-hybridized carbons (Fsp3) is 0. The molecule has 0 aliphatic heterocycles. The second kappa shape index (κ2) is 7.33. The van der Waals surface area contributed by atoms with Gasteiger partial charge in [-0.25, -0.2) is 4.98 Å². The first kappa shape index (κ1) is 17.4. The molecule has 0 unspecified atom stereocenters. The zero-order valence-corrected chi connectivity index (χ0v) is 16.3. The van der Waals surface area contributed by atoms with Crippen LogP contribution in [0.2, 0.25) is 15.1 Å². The maximum Gasteiger partial charge on any atom is 0.187 e. The normalized spacial score (nSPS) is 10.9. The van der Waals surface area contributed by atoms with Crippen LogP contribution in [0.3, 0.4) is 0 Å². The Bertz CT molecular complexity index is 1060. The molecule has 0 atom stereocenters. The van der Waals surface area contributed by atoms with Gasteiger partial charge in [0, 0.05) is 26.7 Å². The molecule has 1 N–H and O–H groups in total. The molecule has 0 spiro atoms. The summed E-state index contributed by atoms with van der Waals surface area (Å²) in [5, 5.41) is 7.82. The Morgan fingerprint density at radius 1 is 0.846 bits per heavy atom. The quantitative estimate of drug-likeness (QED) is 0.365. The van der Waals surface area contributed by atoms with Gasteiger partial charge in [-0.2, -0.15) is 0 Å². The molecule has 2 aromatic heterocycles. The van der Waals surface area contributed by atoms with E-state index in [1.54, 1.807) is 18.2 Å². The maximum absolute atomic E-state index is 6.24. The molecule has 0 radical (unpaired) electrons. The number of nitrogens with one attached hydrogen (secondary N) is 1. The van der Waals surface area contributed by atoms with Crippen molar-refractivity contribution < 1.29 is 4.42 Å². The molecule has 26 heavy (non-hydrogen) atoms. The van der Waals surface area contributed by atoms with Gasteiger partial charge in [-0.1, -0.05) is 34.8 Å². The van der Waals surface area contributed by atoms with Crippen LogP contribution in [0.15, 0.2) is 64.4 Å². The molecule has 7 heteroatoms. The Morgan fingerprint density at radius 3 is 2.38 bits per heavy atom. The minimum absolute atomic E-state index is 0.582. The smallest absolute Gasteiger partial charge is 0.187 e. The van der Waals surface area contributed by atoms with Crippen molar-refractivity contribution >= 4 is 57.0 Å². The molecule has 0 fully saturated rings.